The van der Waals surface area contributed by atoms with E-state index in [9.17, 15) is 9.59 Å². The Balaban J connectivity index is 1.26. The van der Waals surface area contributed by atoms with Gasteiger partial charge in [0.25, 0.3) is 11.8 Å². The van der Waals surface area contributed by atoms with E-state index in [0.717, 1.165) is 33.9 Å². The maximum Gasteiger partial charge on any atom is 0.290 e. The fraction of sp³-hybridized carbons (Fsp3) is 0.357. The monoisotopic (exact) mass is 500 g/mol. The summed E-state index contributed by atoms with van der Waals surface area (Å²) in [5.41, 5.74) is 3.33. The molecule has 8 heteroatoms. The highest BCUT2D eigenvalue weighted by molar-refractivity contribution is 7.15. The Bertz CT molecular complexity index is 1460. The number of thiazole rings is 1. The first-order valence-electron chi connectivity index (χ1n) is 12.5. The van der Waals surface area contributed by atoms with Crippen molar-refractivity contribution in [2.45, 2.75) is 39.2 Å². The van der Waals surface area contributed by atoms with Crippen LogP contribution in [-0.4, -0.2) is 46.0 Å². The van der Waals surface area contributed by atoms with Crippen molar-refractivity contribution in [1.29, 1.82) is 0 Å². The highest BCUT2D eigenvalue weighted by Gasteiger charge is 2.47. The zero-order valence-corrected chi connectivity index (χ0v) is 21.2. The molecule has 0 unspecified atom stereocenters. The molecule has 36 heavy (non-hydrogen) atoms. The van der Waals surface area contributed by atoms with Crippen LogP contribution in [0.4, 0.5) is 0 Å². The normalized spacial score (nSPS) is 21.2. The number of benzene rings is 2. The van der Waals surface area contributed by atoms with Gasteiger partial charge in [-0.05, 0) is 56.2 Å². The molecule has 7 nitrogen and oxygen atoms in total. The molecule has 1 aliphatic heterocycles. The molecule has 2 aliphatic rings. The van der Waals surface area contributed by atoms with E-state index in [0.29, 0.717) is 41.5 Å². The van der Waals surface area contributed by atoms with Crippen LogP contribution in [0.5, 0.6) is 0 Å². The molecule has 1 saturated carbocycles. The topological polar surface area (TPSA) is 88.3 Å². The van der Waals surface area contributed by atoms with Gasteiger partial charge in [-0.3, -0.25) is 9.59 Å². The fourth-order valence-electron chi connectivity index (χ4n) is 5.93. The van der Waals surface area contributed by atoms with Crippen LogP contribution >= 0.6 is 11.3 Å². The number of fused-ring (bicyclic) bond motifs is 2. The third kappa shape index (κ3) is 3.99. The molecule has 1 aliphatic carbocycles. The molecule has 6 rings (SSSR count). The van der Waals surface area contributed by atoms with Crippen molar-refractivity contribution in [2.75, 3.05) is 13.1 Å². The maximum absolute atomic E-state index is 14.0. The Morgan fingerprint density at radius 1 is 1.14 bits per heavy atom. The zero-order chi connectivity index (χ0) is 24.8. The summed E-state index contributed by atoms with van der Waals surface area (Å²) in [7, 11) is 0. The second kappa shape index (κ2) is 9.17. The summed E-state index contributed by atoms with van der Waals surface area (Å²) in [5.74, 6) is 0.699. The van der Waals surface area contributed by atoms with Crippen LogP contribution in [-0.2, 0) is 0 Å². The minimum absolute atomic E-state index is 0.0466. The molecule has 0 spiro atoms. The minimum Gasteiger partial charge on any atom is -0.350 e. The average Bonchev–Trinajstić information content (AvgIpc) is 3.65. The number of amides is 2. The van der Waals surface area contributed by atoms with Crippen LogP contribution in [0.1, 0.15) is 50.9 Å². The van der Waals surface area contributed by atoms with E-state index in [1.807, 2.05) is 48.2 Å². The third-order valence-electron chi connectivity index (χ3n) is 7.58. The quantitative estimate of drug-likeness (QED) is 0.405. The number of carbonyl (C=O) groups is 2. The van der Waals surface area contributed by atoms with Crippen LogP contribution in [0.15, 0.2) is 53.1 Å². The molecule has 0 bridgehead atoms. The van der Waals surface area contributed by atoms with E-state index in [2.05, 4.69) is 34.5 Å². The van der Waals surface area contributed by atoms with Gasteiger partial charge in [0.15, 0.2) is 0 Å². The van der Waals surface area contributed by atoms with Crippen molar-refractivity contribution in [3.8, 4) is 10.4 Å². The lowest BCUT2D eigenvalue weighted by Gasteiger charge is -2.28. The Morgan fingerprint density at radius 2 is 2.00 bits per heavy atom. The van der Waals surface area contributed by atoms with Crippen molar-refractivity contribution in [2.24, 2.45) is 11.8 Å². The van der Waals surface area contributed by atoms with Crippen LogP contribution in [0.3, 0.4) is 0 Å². The van der Waals surface area contributed by atoms with Gasteiger partial charge in [0.2, 0.25) is 5.76 Å². The number of aryl methyl sites for hydroxylation is 2. The molecule has 3 atom stereocenters. The van der Waals surface area contributed by atoms with E-state index in [4.69, 9.17) is 4.52 Å². The number of nitrogens with zero attached hydrogens (tertiary/aromatic N) is 3. The largest absolute Gasteiger partial charge is 0.350 e. The van der Waals surface area contributed by atoms with Crippen molar-refractivity contribution < 1.29 is 14.1 Å². The predicted octanol–water partition coefficient (Wildman–Crippen LogP) is 5.24. The lowest BCUT2D eigenvalue weighted by molar-refractivity contribution is 0.0694. The van der Waals surface area contributed by atoms with Gasteiger partial charge in [-0.2, -0.15) is 0 Å². The number of hydrogen-bond acceptors (Lipinski definition) is 6. The Hall–Kier alpha value is -3.52. The van der Waals surface area contributed by atoms with E-state index < -0.39 is 0 Å². The van der Waals surface area contributed by atoms with E-state index in [1.54, 1.807) is 11.3 Å². The summed E-state index contributed by atoms with van der Waals surface area (Å²) in [6, 6.07) is 15.5. The van der Waals surface area contributed by atoms with Gasteiger partial charge >= 0.3 is 0 Å². The molecule has 184 valence electrons. The lowest BCUT2D eigenvalue weighted by Crippen LogP contribution is -2.45. The number of nitrogens with one attached hydrogen (secondary N) is 1. The fourth-order valence-corrected chi connectivity index (χ4v) is 6.84. The highest BCUT2D eigenvalue weighted by atomic mass is 32.1. The molecule has 4 aromatic rings. The Labute approximate surface area is 213 Å². The molecule has 2 fully saturated rings. The molecule has 2 aromatic heterocycles. The summed E-state index contributed by atoms with van der Waals surface area (Å²) in [6.45, 7) is 5.08. The van der Waals surface area contributed by atoms with E-state index >= 15 is 0 Å². The highest BCUT2D eigenvalue weighted by Crippen LogP contribution is 2.43. The van der Waals surface area contributed by atoms with Crippen molar-refractivity contribution >= 4 is 34.1 Å². The summed E-state index contributed by atoms with van der Waals surface area (Å²) in [4.78, 5) is 34.5. The first-order valence-corrected chi connectivity index (χ1v) is 13.3. The van der Waals surface area contributed by atoms with Gasteiger partial charge in [0.05, 0.1) is 21.3 Å². The minimum atomic E-state index is -0.303. The molecular formula is C28H28N4O3S. The number of likely N-dealkylation sites (tertiary alicyclic amines) is 1. The van der Waals surface area contributed by atoms with Gasteiger partial charge in [0.1, 0.15) is 11.2 Å². The Morgan fingerprint density at radius 3 is 2.86 bits per heavy atom. The number of rotatable bonds is 5. The molecule has 2 amide bonds. The SMILES string of the molecule is Cc1cccc(-c2sc(C)nc2C(=O)N2C[C@@H]3CCC[C@@H]3[C@H]2CNC(=O)c2onc3ccccc23)c1. The van der Waals surface area contributed by atoms with Crippen molar-refractivity contribution in [3.05, 3.63) is 70.6 Å². The van der Waals surface area contributed by atoms with E-state index in [-0.39, 0.29) is 23.6 Å². The maximum atomic E-state index is 14.0. The van der Waals surface area contributed by atoms with Gasteiger partial charge < -0.3 is 14.7 Å². The number of carbonyl (C=O) groups excluding carboxylic acids is 2. The second-order valence-electron chi connectivity index (χ2n) is 9.90. The standard InChI is InChI=1S/C28H28N4O3S/c1-16-7-5-8-18(13-16)26-24(30-17(2)36-26)28(34)32-15-19-9-6-11-20(19)23(32)14-29-27(33)25-21-10-3-4-12-22(21)31-35-25/h3-5,7-8,10,12-13,19-20,23H,6,9,11,14-15H2,1-2H3,(H,29,33)/t19-,20-,23+/m0/s1. The average molecular weight is 501 g/mol. The van der Waals surface area contributed by atoms with Crippen molar-refractivity contribution in [3.63, 3.8) is 0 Å². The molecule has 3 heterocycles. The van der Waals surface area contributed by atoms with Crippen LogP contribution in [0.25, 0.3) is 21.3 Å². The summed E-state index contributed by atoms with van der Waals surface area (Å²) < 4.78 is 5.35. The second-order valence-corrected chi connectivity index (χ2v) is 11.1. The smallest absolute Gasteiger partial charge is 0.290 e. The van der Waals surface area contributed by atoms with Gasteiger partial charge in [-0.1, -0.05) is 53.5 Å². The number of aromatic nitrogens is 2. The van der Waals surface area contributed by atoms with Crippen LogP contribution < -0.4 is 5.32 Å². The summed E-state index contributed by atoms with van der Waals surface area (Å²) >= 11 is 1.56. The van der Waals surface area contributed by atoms with Gasteiger partial charge in [0, 0.05) is 13.1 Å². The predicted molar refractivity (Wildman–Crippen MR) is 139 cm³/mol. The summed E-state index contributed by atoms with van der Waals surface area (Å²) in [6.07, 6.45) is 3.35. The van der Waals surface area contributed by atoms with Crippen LogP contribution in [0.2, 0.25) is 0 Å². The van der Waals surface area contributed by atoms with Gasteiger partial charge in [-0.25, -0.2) is 4.98 Å². The molecule has 1 saturated heterocycles. The number of hydrogen-bond donors (Lipinski definition) is 1. The lowest BCUT2D eigenvalue weighted by atomic mass is 9.94. The molecule has 0 radical (unpaired) electrons. The Kier molecular flexibility index (Phi) is 5.84. The molecular weight excluding hydrogens is 472 g/mol. The molecule has 1 N–H and O–H groups in total. The first-order chi connectivity index (χ1) is 17.5. The molecule has 2 aromatic carbocycles. The van der Waals surface area contributed by atoms with Crippen molar-refractivity contribution in [1.82, 2.24) is 20.4 Å². The summed E-state index contributed by atoms with van der Waals surface area (Å²) in [5, 5.41) is 8.60. The van der Waals surface area contributed by atoms with Crippen LogP contribution in [0, 0.1) is 25.7 Å². The first kappa shape index (κ1) is 22.9. The van der Waals surface area contributed by atoms with E-state index in [1.165, 1.54) is 6.42 Å². The third-order valence-corrected chi connectivity index (χ3v) is 8.60. The van der Waals surface area contributed by atoms with Gasteiger partial charge in [-0.15, -0.1) is 11.3 Å². The zero-order valence-electron chi connectivity index (χ0n) is 20.4.